The Labute approximate surface area is 97.4 Å². The van der Waals surface area contributed by atoms with Gasteiger partial charge in [0.1, 0.15) is 0 Å². The third-order valence-corrected chi connectivity index (χ3v) is 3.66. The molecule has 1 aliphatic rings. The van der Waals surface area contributed by atoms with E-state index in [1.807, 2.05) is 6.92 Å². The number of hydrazine groups is 1. The largest absolute Gasteiger partial charge is 0.379 e. The molecule has 0 radical (unpaired) electrons. The van der Waals surface area contributed by atoms with Crippen molar-refractivity contribution in [1.29, 1.82) is 0 Å². The van der Waals surface area contributed by atoms with E-state index < -0.39 is 10.0 Å². The fourth-order valence-electron chi connectivity index (χ4n) is 1.46. The molecular weight excluding hydrogens is 230 g/mol. The van der Waals surface area contributed by atoms with Crippen LogP contribution in [-0.4, -0.2) is 58.6 Å². The molecule has 0 aromatic carbocycles. The lowest BCUT2D eigenvalue weighted by Gasteiger charge is -2.26. The molecule has 7 heteroatoms. The van der Waals surface area contributed by atoms with Gasteiger partial charge in [-0.2, -0.15) is 0 Å². The molecule has 0 unspecified atom stereocenters. The van der Waals surface area contributed by atoms with Crippen LogP contribution in [0.3, 0.4) is 0 Å². The number of nitrogens with one attached hydrogen (secondary N) is 2. The van der Waals surface area contributed by atoms with Gasteiger partial charge in [-0.3, -0.25) is 0 Å². The summed E-state index contributed by atoms with van der Waals surface area (Å²) in [5, 5.41) is 4.80. The average Bonchev–Trinajstić information content (AvgIpc) is 2.25. The van der Waals surface area contributed by atoms with E-state index in [1.54, 1.807) is 5.01 Å². The summed E-state index contributed by atoms with van der Waals surface area (Å²) in [6.07, 6.45) is 0.632. The van der Waals surface area contributed by atoms with Crippen molar-refractivity contribution in [1.82, 2.24) is 15.2 Å². The van der Waals surface area contributed by atoms with Crippen molar-refractivity contribution in [3.8, 4) is 0 Å². The van der Waals surface area contributed by atoms with E-state index in [9.17, 15) is 8.42 Å². The van der Waals surface area contributed by atoms with Gasteiger partial charge in [0.15, 0.2) is 0 Å². The molecule has 0 aromatic heterocycles. The molecule has 1 aliphatic heterocycles. The number of hydrogen-bond acceptors (Lipinski definition) is 5. The fourth-order valence-corrected chi connectivity index (χ4v) is 2.65. The third kappa shape index (κ3) is 5.76. The van der Waals surface area contributed by atoms with Gasteiger partial charge in [-0.15, -0.1) is 4.83 Å². The molecule has 2 N–H and O–H groups in total. The highest BCUT2D eigenvalue weighted by molar-refractivity contribution is 7.89. The zero-order valence-electron chi connectivity index (χ0n) is 9.74. The zero-order chi connectivity index (χ0) is 11.9. The second kappa shape index (κ2) is 7.18. The van der Waals surface area contributed by atoms with Crippen molar-refractivity contribution in [2.45, 2.75) is 13.3 Å². The average molecular weight is 251 g/mol. The molecule has 0 spiro atoms. The molecule has 1 heterocycles. The Balaban J connectivity index is 2.22. The molecule has 0 bridgehead atoms. The Kier molecular flexibility index (Phi) is 6.22. The predicted molar refractivity (Wildman–Crippen MR) is 62.5 cm³/mol. The van der Waals surface area contributed by atoms with E-state index in [4.69, 9.17) is 4.74 Å². The number of ether oxygens (including phenoxy) is 1. The predicted octanol–water partition coefficient (Wildman–Crippen LogP) is -0.847. The zero-order valence-corrected chi connectivity index (χ0v) is 10.6. The number of sulfonamides is 1. The second-order valence-electron chi connectivity index (χ2n) is 3.72. The first-order valence-corrected chi connectivity index (χ1v) is 7.33. The van der Waals surface area contributed by atoms with E-state index in [0.29, 0.717) is 32.7 Å². The van der Waals surface area contributed by atoms with Crippen LogP contribution in [0.4, 0.5) is 0 Å². The van der Waals surface area contributed by atoms with Crippen molar-refractivity contribution in [3.05, 3.63) is 0 Å². The first-order chi connectivity index (χ1) is 7.64. The van der Waals surface area contributed by atoms with Crippen molar-refractivity contribution >= 4 is 10.0 Å². The molecule has 0 aliphatic carbocycles. The van der Waals surface area contributed by atoms with Crippen LogP contribution in [0.1, 0.15) is 13.3 Å². The topological polar surface area (TPSA) is 70.7 Å². The van der Waals surface area contributed by atoms with Crippen LogP contribution in [0.2, 0.25) is 0 Å². The first-order valence-electron chi connectivity index (χ1n) is 5.67. The minimum Gasteiger partial charge on any atom is -0.379 e. The van der Waals surface area contributed by atoms with E-state index in [0.717, 1.165) is 13.1 Å². The molecular formula is C9H21N3O3S. The van der Waals surface area contributed by atoms with Gasteiger partial charge in [-0.1, -0.05) is 6.92 Å². The lowest BCUT2D eigenvalue weighted by atomic mass is 10.5. The highest BCUT2D eigenvalue weighted by Crippen LogP contribution is 1.96. The Morgan fingerprint density at radius 3 is 2.62 bits per heavy atom. The molecule has 6 nitrogen and oxygen atoms in total. The Morgan fingerprint density at radius 2 is 2.00 bits per heavy atom. The van der Waals surface area contributed by atoms with E-state index >= 15 is 0 Å². The van der Waals surface area contributed by atoms with Crippen LogP contribution in [0, 0.1) is 0 Å². The standard InChI is InChI=1S/C9H21N3O3S/c1-2-10-4-3-9-16(13,14)11-12-5-7-15-8-6-12/h10-11H,2-9H2,1H3. The maximum Gasteiger partial charge on any atom is 0.224 e. The van der Waals surface area contributed by atoms with Gasteiger partial charge < -0.3 is 10.1 Å². The van der Waals surface area contributed by atoms with Crippen LogP contribution in [-0.2, 0) is 14.8 Å². The summed E-state index contributed by atoms with van der Waals surface area (Å²) in [5.41, 5.74) is 0. The van der Waals surface area contributed by atoms with Gasteiger partial charge in [0, 0.05) is 13.1 Å². The maximum absolute atomic E-state index is 11.6. The van der Waals surface area contributed by atoms with E-state index in [1.165, 1.54) is 0 Å². The minimum absolute atomic E-state index is 0.164. The van der Waals surface area contributed by atoms with Gasteiger partial charge >= 0.3 is 0 Å². The smallest absolute Gasteiger partial charge is 0.224 e. The van der Waals surface area contributed by atoms with Gasteiger partial charge in [-0.05, 0) is 19.5 Å². The van der Waals surface area contributed by atoms with Crippen LogP contribution < -0.4 is 10.1 Å². The Bertz CT molecular complexity index is 276. The van der Waals surface area contributed by atoms with Crippen molar-refractivity contribution in [2.75, 3.05) is 45.1 Å². The molecule has 0 saturated carbocycles. The van der Waals surface area contributed by atoms with Crippen LogP contribution >= 0.6 is 0 Å². The SMILES string of the molecule is CCNCCCS(=O)(=O)NN1CCOCC1. The Morgan fingerprint density at radius 1 is 1.31 bits per heavy atom. The summed E-state index contributed by atoms with van der Waals surface area (Å²) in [6.45, 7) is 6.01. The summed E-state index contributed by atoms with van der Waals surface area (Å²) in [5.74, 6) is 0.164. The monoisotopic (exact) mass is 251 g/mol. The quantitative estimate of drug-likeness (QED) is 0.577. The normalized spacial score (nSPS) is 18.8. The fraction of sp³-hybridized carbons (Fsp3) is 1.00. The van der Waals surface area contributed by atoms with Gasteiger partial charge in [0.25, 0.3) is 0 Å². The van der Waals surface area contributed by atoms with Crippen LogP contribution in [0.25, 0.3) is 0 Å². The van der Waals surface area contributed by atoms with E-state index in [-0.39, 0.29) is 5.75 Å². The van der Waals surface area contributed by atoms with Gasteiger partial charge in [0.2, 0.25) is 10.0 Å². The first kappa shape index (κ1) is 13.9. The van der Waals surface area contributed by atoms with Crippen LogP contribution in [0.5, 0.6) is 0 Å². The molecule has 1 rings (SSSR count). The van der Waals surface area contributed by atoms with Gasteiger partial charge in [0.05, 0.1) is 19.0 Å². The molecule has 0 amide bonds. The maximum atomic E-state index is 11.6. The van der Waals surface area contributed by atoms with E-state index in [2.05, 4.69) is 10.1 Å². The van der Waals surface area contributed by atoms with Crippen molar-refractivity contribution < 1.29 is 13.2 Å². The summed E-state index contributed by atoms with van der Waals surface area (Å²) in [4.78, 5) is 2.57. The summed E-state index contributed by atoms with van der Waals surface area (Å²) < 4.78 is 28.4. The minimum atomic E-state index is -3.18. The highest BCUT2D eigenvalue weighted by atomic mass is 32.2. The lowest BCUT2D eigenvalue weighted by molar-refractivity contribution is 0.0272. The summed E-state index contributed by atoms with van der Waals surface area (Å²) in [6, 6.07) is 0. The molecule has 1 fully saturated rings. The molecule has 96 valence electrons. The lowest BCUT2D eigenvalue weighted by Crippen LogP contribution is -2.49. The number of hydrogen-bond donors (Lipinski definition) is 2. The molecule has 0 aromatic rings. The number of nitrogens with zero attached hydrogens (tertiary/aromatic N) is 1. The van der Waals surface area contributed by atoms with Crippen molar-refractivity contribution in [3.63, 3.8) is 0 Å². The highest BCUT2D eigenvalue weighted by Gasteiger charge is 2.17. The summed E-state index contributed by atoms with van der Waals surface area (Å²) >= 11 is 0. The number of rotatable bonds is 7. The second-order valence-corrected chi connectivity index (χ2v) is 5.54. The molecule has 16 heavy (non-hydrogen) atoms. The Hall–Kier alpha value is -0.210. The van der Waals surface area contributed by atoms with Gasteiger partial charge in [-0.25, -0.2) is 13.4 Å². The molecule has 0 atom stereocenters. The summed E-state index contributed by atoms with van der Waals surface area (Å²) in [7, 11) is -3.18. The third-order valence-electron chi connectivity index (χ3n) is 2.30. The van der Waals surface area contributed by atoms with Crippen molar-refractivity contribution in [2.24, 2.45) is 0 Å². The van der Waals surface area contributed by atoms with Crippen LogP contribution in [0.15, 0.2) is 0 Å². The number of morpholine rings is 1. The molecule has 1 saturated heterocycles.